The molecule has 1 aromatic carbocycles. The van der Waals surface area contributed by atoms with E-state index in [-0.39, 0.29) is 46.2 Å². The number of Topliss-reactive ketones (excluding diaryl/α,β-unsaturated/α-hetero) is 1. The third-order valence-electron chi connectivity index (χ3n) is 9.51. The number of phenolic OH excluding ortho intramolecular Hbond substituents is 1. The van der Waals surface area contributed by atoms with Gasteiger partial charge < -0.3 is 35.6 Å². The second-order valence-electron chi connectivity index (χ2n) is 11.5. The SMILES string of the molecule is CCN(C)[C@@H]1C(O)=C(C(N)=O)C(=N)[C@@]2(OC)C(OC)=C3C(=O)c4c(O)cc(CN5CC[C@@H](F)C5)c(OC)c4C[C@H]3C[C@@H]12. The van der Waals surface area contributed by atoms with Crippen LogP contribution in [0.1, 0.15) is 41.3 Å². The van der Waals surface area contributed by atoms with Gasteiger partial charge in [-0.15, -0.1) is 0 Å². The number of alkyl halides is 1. The molecule has 0 spiro atoms. The van der Waals surface area contributed by atoms with Crippen molar-refractivity contribution in [2.75, 3.05) is 48.0 Å². The molecule has 3 aliphatic carbocycles. The van der Waals surface area contributed by atoms with Gasteiger partial charge in [-0.25, -0.2) is 4.39 Å². The van der Waals surface area contributed by atoms with Gasteiger partial charge in [0.15, 0.2) is 11.4 Å². The summed E-state index contributed by atoms with van der Waals surface area (Å²) in [6.07, 6.45) is 0.130. The first kappa shape index (κ1) is 30.0. The Bertz CT molecular complexity index is 1410. The zero-order chi connectivity index (χ0) is 30.7. The Labute approximate surface area is 244 Å². The Hall–Kier alpha value is -3.48. The maximum Gasteiger partial charge on any atom is 0.254 e. The molecule has 0 unspecified atom stereocenters. The lowest BCUT2D eigenvalue weighted by atomic mass is 9.58. The number of ether oxygens (including phenoxy) is 3. The van der Waals surface area contributed by atoms with Crippen LogP contribution in [-0.2, 0) is 27.2 Å². The van der Waals surface area contributed by atoms with E-state index in [0.29, 0.717) is 55.8 Å². The number of phenols is 1. The van der Waals surface area contributed by atoms with Crippen LogP contribution in [-0.4, -0.2) is 103 Å². The number of halogens is 1. The lowest BCUT2D eigenvalue weighted by Crippen LogP contribution is -2.65. The van der Waals surface area contributed by atoms with Gasteiger partial charge in [-0.3, -0.25) is 19.4 Å². The van der Waals surface area contributed by atoms with Gasteiger partial charge in [0, 0.05) is 49.4 Å². The van der Waals surface area contributed by atoms with Crippen molar-refractivity contribution in [1.29, 1.82) is 5.41 Å². The molecule has 5 rings (SSSR count). The van der Waals surface area contributed by atoms with Gasteiger partial charge in [0.2, 0.25) is 0 Å². The van der Waals surface area contributed by atoms with Crippen LogP contribution in [0.3, 0.4) is 0 Å². The predicted octanol–water partition coefficient (Wildman–Crippen LogP) is 2.26. The Morgan fingerprint density at radius 1 is 1.29 bits per heavy atom. The van der Waals surface area contributed by atoms with Gasteiger partial charge in [-0.1, -0.05) is 6.92 Å². The highest BCUT2D eigenvalue weighted by molar-refractivity contribution is 6.26. The number of nitrogens with zero attached hydrogens (tertiary/aromatic N) is 2. The molecule has 1 aliphatic heterocycles. The lowest BCUT2D eigenvalue weighted by molar-refractivity contribution is -0.115. The number of hydrogen-bond donors (Lipinski definition) is 4. The average molecular weight is 587 g/mol. The highest BCUT2D eigenvalue weighted by Gasteiger charge is 2.63. The molecule has 1 heterocycles. The summed E-state index contributed by atoms with van der Waals surface area (Å²) >= 11 is 0. The number of fused-ring (bicyclic) bond motifs is 3. The number of nitrogens with two attached hydrogens (primary N) is 1. The van der Waals surface area contributed by atoms with Gasteiger partial charge in [0.25, 0.3) is 5.91 Å². The summed E-state index contributed by atoms with van der Waals surface area (Å²) in [5.41, 5.74) is 4.73. The molecule has 42 heavy (non-hydrogen) atoms. The number of aliphatic hydroxyl groups is 1. The third-order valence-corrected chi connectivity index (χ3v) is 9.51. The summed E-state index contributed by atoms with van der Waals surface area (Å²) in [5, 5.41) is 31.6. The Morgan fingerprint density at radius 3 is 2.55 bits per heavy atom. The van der Waals surface area contributed by atoms with E-state index in [1.807, 2.05) is 16.7 Å². The molecule has 0 saturated carbocycles. The number of likely N-dealkylation sites (tertiary alicyclic amines) is 1. The number of ketones is 1. The van der Waals surface area contributed by atoms with E-state index in [1.165, 1.54) is 27.4 Å². The number of methoxy groups -OCH3 is 3. The Kier molecular flexibility index (Phi) is 7.84. The molecule has 12 heteroatoms. The van der Waals surface area contributed by atoms with Crippen molar-refractivity contribution in [3.8, 4) is 11.5 Å². The Balaban J connectivity index is 1.70. The highest BCUT2D eigenvalue weighted by Crippen LogP contribution is 2.55. The normalized spacial score (nSPS) is 29.5. The standard InChI is InChI=1S/C30H39FN4O7/c1-6-34(2)23-18-10-14-9-17-21(19(36)11-15(26(17)40-3)12-35-8-7-16(31)13-35)24(37)20(14)28(41-4)30(18,42-5)27(32)22(25(23)38)29(33)39/h11,14,16,18,23,32,36,38H,6-10,12-13H2,1-5H3,(H2,33,39)/t14-,16+,18-,23-,30+/m0/s1. The minimum absolute atomic E-state index is 0.0566. The molecule has 1 amide bonds. The number of carbonyl (C=O) groups is 2. The van der Waals surface area contributed by atoms with Gasteiger partial charge in [0.05, 0.1) is 31.5 Å². The molecule has 4 aliphatic rings. The number of likely N-dealkylation sites (N-methyl/N-ethyl adjacent to an activating group) is 1. The van der Waals surface area contributed by atoms with Crippen LogP contribution in [0.5, 0.6) is 11.5 Å². The number of amides is 1. The first-order valence-corrected chi connectivity index (χ1v) is 14.2. The molecule has 0 aromatic heterocycles. The van der Waals surface area contributed by atoms with E-state index < -0.39 is 41.3 Å². The molecular formula is C30H39FN4O7. The van der Waals surface area contributed by atoms with Crippen LogP contribution in [0.25, 0.3) is 0 Å². The second kappa shape index (κ2) is 11.0. The van der Waals surface area contributed by atoms with Gasteiger partial charge in [-0.2, -0.15) is 0 Å². The smallest absolute Gasteiger partial charge is 0.254 e. The average Bonchev–Trinajstić information content (AvgIpc) is 3.35. The molecule has 11 nitrogen and oxygen atoms in total. The largest absolute Gasteiger partial charge is 0.510 e. The monoisotopic (exact) mass is 586 g/mol. The highest BCUT2D eigenvalue weighted by atomic mass is 19.1. The first-order chi connectivity index (χ1) is 20.0. The van der Waals surface area contributed by atoms with Crippen LogP contribution in [0.15, 0.2) is 28.7 Å². The zero-order valence-electron chi connectivity index (χ0n) is 24.6. The summed E-state index contributed by atoms with van der Waals surface area (Å²) in [7, 11) is 6.04. The number of aliphatic hydroxyl groups excluding tert-OH is 1. The van der Waals surface area contributed by atoms with E-state index in [0.717, 1.165) is 0 Å². The summed E-state index contributed by atoms with van der Waals surface area (Å²) in [4.78, 5) is 30.6. The van der Waals surface area contributed by atoms with Crippen molar-refractivity contribution < 1.29 is 38.4 Å². The van der Waals surface area contributed by atoms with E-state index >= 15 is 0 Å². The maximum atomic E-state index is 14.3. The van der Waals surface area contributed by atoms with Crippen LogP contribution in [0.4, 0.5) is 4.39 Å². The quantitative estimate of drug-likeness (QED) is 0.358. The van der Waals surface area contributed by atoms with Crippen LogP contribution in [0.2, 0.25) is 0 Å². The molecule has 1 saturated heterocycles. The van der Waals surface area contributed by atoms with Crippen molar-refractivity contribution in [3.63, 3.8) is 0 Å². The number of nitrogens with one attached hydrogen (secondary N) is 1. The molecular weight excluding hydrogens is 547 g/mol. The fourth-order valence-electron chi connectivity index (χ4n) is 7.63. The number of allylic oxidation sites excluding steroid dienone is 1. The summed E-state index contributed by atoms with van der Waals surface area (Å²) < 4.78 is 31.7. The molecule has 1 fully saturated rings. The second-order valence-corrected chi connectivity index (χ2v) is 11.5. The van der Waals surface area contributed by atoms with Gasteiger partial charge in [0.1, 0.15) is 34.8 Å². The minimum Gasteiger partial charge on any atom is -0.510 e. The summed E-state index contributed by atoms with van der Waals surface area (Å²) in [5.74, 6) is -2.57. The Morgan fingerprint density at radius 2 is 2.00 bits per heavy atom. The maximum absolute atomic E-state index is 14.3. The predicted molar refractivity (Wildman–Crippen MR) is 152 cm³/mol. The molecule has 5 atom stereocenters. The lowest BCUT2D eigenvalue weighted by Gasteiger charge is -2.54. The molecule has 0 radical (unpaired) electrons. The number of carbonyl (C=O) groups excluding carboxylic acids is 2. The third kappa shape index (κ3) is 4.22. The van der Waals surface area contributed by atoms with Crippen LogP contribution in [0, 0.1) is 17.2 Å². The van der Waals surface area contributed by atoms with Crippen LogP contribution < -0.4 is 10.5 Å². The molecule has 228 valence electrons. The number of primary amides is 1. The topological polar surface area (TPSA) is 159 Å². The fourth-order valence-corrected chi connectivity index (χ4v) is 7.63. The fraction of sp³-hybridized carbons (Fsp3) is 0.567. The van der Waals surface area contributed by atoms with Gasteiger partial charge in [-0.05, 0) is 44.8 Å². The molecule has 1 aromatic rings. The first-order valence-electron chi connectivity index (χ1n) is 14.2. The van der Waals surface area contributed by atoms with Crippen molar-refractivity contribution >= 4 is 17.4 Å². The van der Waals surface area contributed by atoms with E-state index in [4.69, 9.17) is 25.4 Å². The van der Waals surface area contributed by atoms with E-state index in [2.05, 4.69) is 0 Å². The van der Waals surface area contributed by atoms with Gasteiger partial charge >= 0.3 is 0 Å². The van der Waals surface area contributed by atoms with Crippen molar-refractivity contribution in [2.45, 2.75) is 50.5 Å². The zero-order valence-corrected chi connectivity index (χ0v) is 24.6. The van der Waals surface area contributed by atoms with E-state index in [1.54, 1.807) is 7.05 Å². The number of aromatic hydroxyl groups is 1. The van der Waals surface area contributed by atoms with E-state index in [9.17, 15) is 24.2 Å². The molecule has 5 N–H and O–H groups in total. The molecule has 0 bridgehead atoms. The number of benzene rings is 1. The number of rotatable bonds is 8. The van der Waals surface area contributed by atoms with Crippen molar-refractivity contribution in [2.24, 2.45) is 17.6 Å². The van der Waals surface area contributed by atoms with Crippen molar-refractivity contribution in [1.82, 2.24) is 9.80 Å². The van der Waals surface area contributed by atoms with Crippen molar-refractivity contribution in [3.05, 3.63) is 45.4 Å². The minimum atomic E-state index is -1.70. The summed E-state index contributed by atoms with van der Waals surface area (Å²) in [6, 6.07) is 0.729. The number of hydrogen-bond acceptors (Lipinski definition) is 10. The van der Waals surface area contributed by atoms with Crippen LogP contribution >= 0.6 is 0 Å². The summed E-state index contributed by atoms with van der Waals surface area (Å²) in [6.45, 7) is 3.62.